The lowest BCUT2D eigenvalue weighted by molar-refractivity contribution is -0.145. The van der Waals surface area contributed by atoms with Crippen molar-refractivity contribution in [2.45, 2.75) is 95.0 Å². The zero-order chi connectivity index (χ0) is 36.3. The standard InChI is InChI=1S/C37H45N7O7/c1-36(2,3)51-35(49)39-28-14-9-7-5-6-8-12-24-21-37(24,34(47)48)40-32(45)29-20-25(22-43(29)33(28)46)44-41-30(23-15-17-26(50-4)18-16-23)31(42-44)27-13-10-11-19-38-27/h8,10-13,15-19,24-25,28-29H,5-7,9,14,20-22H2,1-4H3,(H,39,49)(H,40,45)(H,47,48)/t24-,25+,28+,29+,37-/m1/s1. The number of rotatable bonds is 6. The fourth-order valence-electron chi connectivity index (χ4n) is 6.80. The van der Waals surface area contributed by atoms with Gasteiger partial charge in [-0.25, -0.2) is 9.59 Å². The summed E-state index contributed by atoms with van der Waals surface area (Å²) in [6.45, 7) is 5.27. The van der Waals surface area contributed by atoms with Crippen molar-refractivity contribution < 1.29 is 33.8 Å². The summed E-state index contributed by atoms with van der Waals surface area (Å²) in [6.07, 6.45) is 8.49. The Balaban J connectivity index is 1.37. The average Bonchev–Trinajstić information content (AvgIpc) is 3.40. The predicted molar refractivity (Wildman–Crippen MR) is 186 cm³/mol. The van der Waals surface area contributed by atoms with Crippen molar-refractivity contribution in [1.82, 2.24) is 35.5 Å². The Bertz CT molecular complexity index is 1790. The van der Waals surface area contributed by atoms with Gasteiger partial charge in [-0.05, 0) is 82.9 Å². The van der Waals surface area contributed by atoms with Gasteiger partial charge in [-0.3, -0.25) is 14.6 Å². The van der Waals surface area contributed by atoms with Crippen LogP contribution in [0.3, 0.4) is 0 Å². The Labute approximate surface area is 296 Å². The van der Waals surface area contributed by atoms with E-state index < -0.39 is 53.1 Å². The molecule has 6 rings (SSSR count). The third kappa shape index (κ3) is 7.89. The number of carboxylic acid groups (broad SMARTS) is 1. The van der Waals surface area contributed by atoms with Crippen LogP contribution >= 0.6 is 0 Å². The Hall–Kier alpha value is -5.27. The molecule has 4 heterocycles. The molecule has 14 nitrogen and oxygen atoms in total. The molecule has 5 atom stereocenters. The van der Waals surface area contributed by atoms with Gasteiger partial charge in [0, 0.05) is 30.6 Å². The maximum atomic E-state index is 14.4. The minimum Gasteiger partial charge on any atom is -0.497 e. The highest BCUT2D eigenvalue weighted by molar-refractivity contribution is 5.96. The van der Waals surface area contributed by atoms with Crippen molar-refractivity contribution >= 4 is 23.9 Å². The lowest BCUT2D eigenvalue weighted by atomic mass is 10.0. The number of carboxylic acids is 1. The number of allylic oxidation sites excluding steroid dienone is 1. The van der Waals surface area contributed by atoms with E-state index in [4.69, 9.17) is 19.7 Å². The van der Waals surface area contributed by atoms with E-state index in [-0.39, 0.29) is 25.3 Å². The molecule has 3 aliphatic rings. The zero-order valence-corrected chi connectivity index (χ0v) is 29.4. The maximum absolute atomic E-state index is 14.4. The lowest BCUT2D eigenvalue weighted by Gasteiger charge is -2.30. The number of pyridine rings is 1. The van der Waals surface area contributed by atoms with Gasteiger partial charge < -0.3 is 30.1 Å². The van der Waals surface area contributed by atoms with Crippen molar-refractivity contribution in [3.8, 4) is 28.4 Å². The molecule has 2 fully saturated rings. The van der Waals surface area contributed by atoms with E-state index in [1.807, 2.05) is 48.6 Å². The Morgan fingerprint density at radius 1 is 1.04 bits per heavy atom. The van der Waals surface area contributed by atoms with Crippen LogP contribution in [0, 0.1) is 5.92 Å². The molecule has 270 valence electrons. The second kappa shape index (κ2) is 14.5. The Kier molecular flexibility index (Phi) is 10.1. The summed E-state index contributed by atoms with van der Waals surface area (Å²) >= 11 is 0. The number of methoxy groups -OCH3 is 1. The molecule has 1 aromatic carbocycles. The molecule has 3 amide bonds. The zero-order valence-electron chi connectivity index (χ0n) is 29.4. The second-order valence-corrected chi connectivity index (χ2v) is 14.4. The van der Waals surface area contributed by atoms with E-state index in [9.17, 15) is 24.3 Å². The van der Waals surface area contributed by atoms with E-state index in [1.54, 1.807) is 40.1 Å². The number of nitrogens with one attached hydrogen (secondary N) is 2. The fourth-order valence-corrected chi connectivity index (χ4v) is 6.80. The first-order valence-electron chi connectivity index (χ1n) is 17.4. The molecule has 3 aromatic rings. The molecule has 14 heteroatoms. The minimum absolute atomic E-state index is 0.0468. The normalized spacial score (nSPS) is 25.5. The molecular formula is C37H45N7O7. The van der Waals surface area contributed by atoms with Crippen LogP contribution in [-0.4, -0.2) is 90.7 Å². The predicted octanol–water partition coefficient (Wildman–Crippen LogP) is 4.53. The Morgan fingerprint density at radius 2 is 1.80 bits per heavy atom. The minimum atomic E-state index is -1.45. The maximum Gasteiger partial charge on any atom is 0.408 e. The molecule has 1 saturated carbocycles. The quantitative estimate of drug-likeness (QED) is 0.310. The number of carbonyl (C=O) groups is 4. The topological polar surface area (TPSA) is 178 Å². The highest BCUT2D eigenvalue weighted by atomic mass is 16.6. The van der Waals surface area contributed by atoms with Gasteiger partial charge in [0.15, 0.2) is 0 Å². The van der Waals surface area contributed by atoms with Gasteiger partial charge in [-0.2, -0.15) is 15.0 Å². The van der Waals surface area contributed by atoms with E-state index in [0.717, 1.165) is 24.8 Å². The first-order chi connectivity index (χ1) is 24.4. The molecule has 51 heavy (non-hydrogen) atoms. The molecule has 2 aliphatic heterocycles. The molecular weight excluding hydrogens is 654 g/mol. The van der Waals surface area contributed by atoms with Gasteiger partial charge >= 0.3 is 12.1 Å². The SMILES string of the molecule is COc1ccc(-c2nn([C@H]3C[C@H]4C(=O)N[C@]5(C(=O)O)C[C@H]5C=CCCCCC[C@H](NC(=O)OC(C)(C)C)C(=O)N4C3)nc2-c2ccccn2)cc1. The molecule has 1 aliphatic carbocycles. The van der Waals surface area contributed by atoms with Crippen molar-refractivity contribution in [2.24, 2.45) is 5.92 Å². The summed E-state index contributed by atoms with van der Waals surface area (Å²) in [5.41, 5.74) is 0.190. The second-order valence-electron chi connectivity index (χ2n) is 14.4. The summed E-state index contributed by atoms with van der Waals surface area (Å²) in [5, 5.41) is 25.5. The lowest BCUT2D eigenvalue weighted by Crippen LogP contribution is -2.56. The number of carbonyl (C=O) groups excluding carboxylic acids is 3. The van der Waals surface area contributed by atoms with Gasteiger partial charge in [0.2, 0.25) is 11.8 Å². The average molecular weight is 700 g/mol. The van der Waals surface area contributed by atoms with Crippen molar-refractivity contribution in [3.63, 3.8) is 0 Å². The van der Waals surface area contributed by atoms with Crippen molar-refractivity contribution in [2.75, 3.05) is 13.7 Å². The fraction of sp³-hybridized carbons (Fsp3) is 0.486. The van der Waals surface area contributed by atoms with Crippen LogP contribution in [0.15, 0.2) is 60.8 Å². The summed E-state index contributed by atoms with van der Waals surface area (Å²) in [5.74, 6) is -1.84. The monoisotopic (exact) mass is 699 g/mol. The number of aromatic nitrogens is 4. The number of benzene rings is 1. The summed E-state index contributed by atoms with van der Waals surface area (Å²) in [6, 6.07) is 10.3. The van der Waals surface area contributed by atoms with Crippen LogP contribution in [0.4, 0.5) is 4.79 Å². The van der Waals surface area contributed by atoms with E-state index in [0.29, 0.717) is 35.7 Å². The van der Waals surface area contributed by atoms with Crippen LogP contribution in [0.5, 0.6) is 5.75 Å². The van der Waals surface area contributed by atoms with E-state index in [2.05, 4.69) is 15.6 Å². The number of nitrogens with zero attached hydrogens (tertiary/aromatic N) is 5. The number of amides is 3. The highest BCUT2D eigenvalue weighted by Gasteiger charge is 2.61. The van der Waals surface area contributed by atoms with Gasteiger partial charge in [0.25, 0.3) is 0 Å². The van der Waals surface area contributed by atoms with Crippen molar-refractivity contribution in [3.05, 3.63) is 60.8 Å². The first-order valence-corrected chi connectivity index (χ1v) is 17.4. The largest absolute Gasteiger partial charge is 0.497 e. The van der Waals surface area contributed by atoms with Gasteiger partial charge in [-0.1, -0.05) is 31.1 Å². The number of alkyl carbamates (subject to hydrolysis) is 1. The van der Waals surface area contributed by atoms with E-state index >= 15 is 0 Å². The molecule has 1 saturated heterocycles. The third-order valence-electron chi connectivity index (χ3n) is 9.56. The summed E-state index contributed by atoms with van der Waals surface area (Å²) < 4.78 is 10.8. The van der Waals surface area contributed by atoms with Crippen molar-refractivity contribution in [1.29, 1.82) is 0 Å². The van der Waals surface area contributed by atoms with Crippen LogP contribution < -0.4 is 15.4 Å². The number of hydrogen-bond acceptors (Lipinski definition) is 9. The number of hydrogen-bond donors (Lipinski definition) is 3. The molecule has 2 aromatic heterocycles. The van der Waals surface area contributed by atoms with Gasteiger partial charge in [0.1, 0.15) is 40.4 Å². The summed E-state index contributed by atoms with van der Waals surface area (Å²) in [4.78, 5) is 61.5. The molecule has 0 radical (unpaired) electrons. The van der Waals surface area contributed by atoms with Crippen LogP contribution in [-0.2, 0) is 19.1 Å². The molecule has 0 unspecified atom stereocenters. The third-order valence-corrected chi connectivity index (χ3v) is 9.56. The number of ether oxygens (including phenoxy) is 2. The molecule has 0 spiro atoms. The van der Waals surface area contributed by atoms with Gasteiger partial charge in [-0.15, -0.1) is 0 Å². The van der Waals surface area contributed by atoms with E-state index in [1.165, 1.54) is 9.70 Å². The number of aliphatic carboxylic acids is 1. The van der Waals surface area contributed by atoms with Crippen LogP contribution in [0.1, 0.15) is 71.8 Å². The highest BCUT2D eigenvalue weighted by Crippen LogP contribution is 2.45. The smallest absolute Gasteiger partial charge is 0.408 e. The number of fused-ring (bicyclic) bond motifs is 2. The first kappa shape index (κ1) is 35.6. The summed E-state index contributed by atoms with van der Waals surface area (Å²) in [7, 11) is 1.59. The molecule has 3 N–H and O–H groups in total. The van der Waals surface area contributed by atoms with Gasteiger partial charge in [0.05, 0.1) is 18.8 Å². The molecule has 0 bridgehead atoms. The Morgan fingerprint density at radius 3 is 2.49 bits per heavy atom. The van der Waals surface area contributed by atoms with Crippen LogP contribution in [0.2, 0.25) is 0 Å². The van der Waals surface area contributed by atoms with Crippen LogP contribution in [0.25, 0.3) is 22.6 Å².